The van der Waals surface area contributed by atoms with E-state index in [0.29, 0.717) is 44.6 Å². The predicted molar refractivity (Wildman–Crippen MR) is 79.9 cm³/mol. The van der Waals surface area contributed by atoms with Gasteiger partial charge >= 0.3 is 6.03 Å². The van der Waals surface area contributed by atoms with Gasteiger partial charge in [0.15, 0.2) is 5.82 Å². The number of hydrazine groups is 1. The largest absolute Gasteiger partial charge is 0.378 e. The zero-order valence-corrected chi connectivity index (χ0v) is 12.8. The lowest BCUT2D eigenvalue weighted by Crippen LogP contribution is -2.53. The minimum Gasteiger partial charge on any atom is -0.378 e. The van der Waals surface area contributed by atoms with Crippen LogP contribution in [0.2, 0.25) is 0 Å². The molecule has 1 aliphatic heterocycles. The molecule has 1 N–H and O–H groups in total. The molecular weight excluding hydrogens is 284 g/mol. The van der Waals surface area contributed by atoms with Crippen LogP contribution in [0.15, 0.2) is 12.3 Å². The van der Waals surface area contributed by atoms with Crippen LogP contribution in [0.3, 0.4) is 0 Å². The number of ether oxygens (including phenoxy) is 1. The van der Waals surface area contributed by atoms with Gasteiger partial charge < -0.3 is 9.64 Å². The van der Waals surface area contributed by atoms with Gasteiger partial charge in [0, 0.05) is 31.9 Å². The van der Waals surface area contributed by atoms with Crippen molar-refractivity contribution < 1.29 is 9.53 Å². The molecule has 1 aromatic heterocycles. The van der Waals surface area contributed by atoms with Gasteiger partial charge in [0.1, 0.15) is 6.07 Å². The number of morpholine rings is 1. The van der Waals surface area contributed by atoms with Crippen LogP contribution in [0.25, 0.3) is 0 Å². The number of carbonyl (C=O) groups excluding carboxylic acids is 1. The van der Waals surface area contributed by atoms with Crippen molar-refractivity contribution in [2.24, 2.45) is 5.92 Å². The van der Waals surface area contributed by atoms with Crippen LogP contribution in [-0.4, -0.2) is 53.7 Å². The third-order valence-electron chi connectivity index (χ3n) is 3.09. The number of anilines is 1. The third-order valence-corrected chi connectivity index (χ3v) is 3.09. The first-order chi connectivity index (χ1) is 10.6. The maximum atomic E-state index is 12.3. The second-order valence-corrected chi connectivity index (χ2v) is 5.37. The van der Waals surface area contributed by atoms with Crippen molar-refractivity contribution in [2.45, 2.75) is 13.8 Å². The number of hydrogen-bond acceptors (Lipinski definition) is 6. The average molecular weight is 304 g/mol. The Balaban J connectivity index is 2.11. The van der Waals surface area contributed by atoms with Gasteiger partial charge in [0.25, 0.3) is 0 Å². The highest BCUT2D eigenvalue weighted by molar-refractivity contribution is 5.76. The summed E-state index contributed by atoms with van der Waals surface area (Å²) in [5, 5.41) is 10.6. The van der Waals surface area contributed by atoms with E-state index in [-0.39, 0.29) is 11.9 Å². The Kier molecular flexibility index (Phi) is 5.49. The van der Waals surface area contributed by atoms with Crippen molar-refractivity contribution >= 4 is 11.8 Å². The first-order valence-electron chi connectivity index (χ1n) is 7.24. The summed E-state index contributed by atoms with van der Waals surface area (Å²) in [5.74, 6) is 0.888. The summed E-state index contributed by atoms with van der Waals surface area (Å²) in [6, 6.07) is 3.38. The monoisotopic (exact) mass is 304 g/mol. The van der Waals surface area contributed by atoms with Crippen molar-refractivity contribution in [3.8, 4) is 6.07 Å². The molecule has 0 aliphatic carbocycles. The summed E-state index contributed by atoms with van der Waals surface area (Å²) in [4.78, 5) is 22.0. The molecule has 0 unspecified atom stereocenters. The molecule has 2 amide bonds. The van der Waals surface area contributed by atoms with Gasteiger partial charge in [-0.25, -0.2) is 15.2 Å². The summed E-state index contributed by atoms with van der Waals surface area (Å²) < 4.78 is 5.24. The Morgan fingerprint density at radius 2 is 2.27 bits per heavy atom. The SMILES string of the molecule is CC(C)CN(NC(=O)N1CCOCC1)c1ccnc(C#N)n1. The molecule has 2 rings (SSSR count). The Bertz CT molecular complexity index is 551. The quantitative estimate of drug-likeness (QED) is 0.826. The minimum absolute atomic E-state index is 0.0758. The molecule has 1 fully saturated rings. The standard InChI is InChI=1S/C14H20N6O2/c1-11(2)10-20(13-3-4-16-12(9-15)17-13)18-14(21)19-5-7-22-8-6-19/h3-4,11H,5-8,10H2,1-2H3,(H,18,21). The second kappa shape index (κ2) is 7.56. The third kappa shape index (κ3) is 4.30. The lowest BCUT2D eigenvalue weighted by Gasteiger charge is -2.31. The number of nitrogens with one attached hydrogen (secondary N) is 1. The highest BCUT2D eigenvalue weighted by atomic mass is 16.5. The van der Waals surface area contributed by atoms with E-state index in [1.807, 2.05) is 19.9 Å². The van der Waals surface area contributed by atoms with E-state index in [1.54, 1.807) is 16.0 Å². The molecule has 1 aromatic rings. The molecule has 0 aromatic carbocycles. The fraction of sp³-hybridized carbons (Fsp3) is 0.571. The molecule has 118 valence electrons. The smallest absolute Gasteiger partial charge is 0.336 e. The van der Waals surface area contributed by atoms with Gasteiger partial charge in [-0.15, -0.1) is 0 Å². The zero-order valence-electron chi connectivity index (χ0n) is 12.8. The van der Waals surface area contributed by atoms with E-state index in [0.717, 1.165) is 0 Å². The normalized spacial score (nSPS) is 14.5. The highest BCUT2D eigenvalue weighted by Gasteiger charge is 2.20. The summed E-state index contributed by atoms with van der Waals surface area (Å²) in [6.45, 7) is 6.88. The van der Waals surface area contributed by atoms with Crippen LogP contribution in [0.4, 0.5) is 10.6 Å². The maximum Gasteiger partial charge on any atom is 0.336 e. The van der Waals surface area contributed by atoms with Crippen LogP contribution >= 0.6 is 0 Å². The number of hydrogen-bond donors (Lipinski definition) is 1. The van der Waals surface area contributed by atoms with Crippen molar-refractivity contribution in [1.82, 2.24) is 20.3 Å². The van der Waals surface area contributed by atoms with Gasteiger partial charge in [-0.2, -0.15) is 10.2 Å². The van der Waals surface area contributed by atoms with Crippen LogP contribution in [0.5, 0.6) is 0 Å². The van der Waals surface area contributed by atoms with Crippen molar-refractivity contribution in [3.05, 3.63) is 18.1 Å². The summed E-state index contributed by atoms with van der Waals surface area (Å²) >= 11 is 0. The van der Waals surface area contributed by atoms with Gasteiger partial charge in [-0.3, -0.25) is 5.01 Å². The van der Waals surface area contributed by atoms with E-state index in [4.69, 9.17) is 10.00 Å². The van der Waals surface area contributed by atoms with Gasteiger partial charge in [-0.1, -0.05) is 13.8 Å². The number of aromatic nitrogens is 2. The van der Waals surface area contributed by atoms with Crippen molar-refractivity contribution in [1.29, 1.82) is 5.26 Å². The van der Waals surface area contributed by atoms with Crippen molar-refractivity contribution in [2.75, 3.05) is 37.9 Å². The highest BCUT2D eigenvalue weighted by Crippen LogP contribution is 2.11. The number of rotatable bonds is 4. The van der Waals surface area contributed by atoms with E-state index in [2.05, 4.69) is 15.4 Å². The first kappa shape index (κ1) is 16.0. The molecule has 8 nitrogen and oxygen atoms in total. The fourth-order valence-corrected chi connectivity index (χ4v) is 2.07. The molecule has 0 spiro atoms. The molecule has 2 heterocycles. The molecule has 1 saturated heterocycles. The molecule has 0 radical (unpaired) electrons. The van der Waals surface area contributed by atoms with E-state index < -0.39 is 0 Å². The van der Waals surface area contributed by atoms with Gasteiger partial charge in [0.05, 0.1) is 13.2 Å². The number of amides is 2. The molecule has 8 heteroatoms. The Hall–Kier alpha value is -2.40. The molecule has 0 bridgehead atoms. The van der Waals surface area contributed by atoms with Crippen LogP contribution in [0, 0.1) is 17.2 Å². The van der Waals surface area contributed by atoms with E-state index in [9.17, 15) is 4.79 Å². The molecule has 22 heavy (non-hydrogen) atoms. The number of nitrogens with zero attached hydrogens (tertiary/aromatic N) is 5. The lowest BCUT2D eigenvalue weighted by atomic mass is 10.2. The topological polar surface area (TPSA) is 94.4 Å². The maximum absolute atomic E-state index is 12.3. The second-order valence-electron chi connectivity index (χ2n) is 5.37. The molecule has 0 saturated carbocycles. The van der Waals surface area contributed by atoms with E-state index >= 15 is 0 Å². The van der Waals surface area contributed by atoms with Crippen molar-refractivity contribution in [3.63, 3.8) is 0 Å². The average Bonchev–Trinajstić information content (AvgIpc) is 2.54. The summed E-state index contributed by atoms with van der Waals surface area (Å²) in [5.41, 5.74) is 2.85. The molecular formula is C14H20N6O2. The van der Waals surface area contributed by atoms with Crippen LogP contribution in [-0.2, 0) is 4.74 Å². The fourth-order valence-electron chi connectivity index (χ4n) is 2.07. The Morgan fingerprint density at radius 1 is 1.55 bits per heavy atom. The summed E-state index contributed by atoms with van der Waals surface area (Å²) in [7, 11) is 0. The predicted octanol–water partition coefficient (Wildman–Crippen LogP) is 0.767. The van der Waals surface area contributed by atoms with Gasteiger partial charge in [0.2, 0.25) is 5.82 Å². The number of carbonyl (C=O) groups is 1. The lowest BCUT2D eigenvalue weighted by molar-refractivity contribution is 0.0530. The van der Waals surface area contributed by atoms with E-state index in [1.165, 1.54) is 6.20 Å². The van der Waals surface area contributed by atoms with Crippen LogP contribution < -0.4 is 10.4 Å². The number of urea groups is 1. The summed E-state index contributed by atoms with van der Waals surface area (Å²) in [6.07, 6.45) is 1.51. The zero-order chi connectivity index (χ0) is 15.9. The minimum atomic E-state index is -0.193. The van der Waals surface area contributed by atoms with Crippen LogP contribution in [0.1, 0.15) is 19.7 Å². The Morgan fingerprint density at radius 3 is 2.91 bits per heavy atom. The Labute approximate surface area is 129 Å². The molecule has 1 aliphatic rings. The number of nitriles is 1. The van der Waals surface area contributed by atoms with Gasteiger partial charge in [-0.05, 0) is 5.92 Å². The molecule has 0 atom stereocenters. The first-order valence-corrected chi connectivity index (χ1v) is 7.24.